The van der Waals surface area contributed by atoms with Crippen molar-refractivity contribution in [2.45, 2.75) is 75.0 Å². The van der Waals surface area contributed by atoms with Gasteiger partial charge in [0.15, 0.2) is 0 Å². The molecule has 2 aliphatic carbocycles. The molecule has 160 valence electrons. The highest BCUT2D eigenvalue weighted by molar-refractivity contribution is 7.89. The number of hydrogen-bond acceptors (Lipinski definition) is 5. The van der Waals surface area contributed by atoms with Crippen molar-refractivity contribution in [3.05, 3.63) is 29.3 Å². The van der Waals surface area contributed by atoms with Gasteiger partial charge in [-0.2, -0.15) is 4.31 Å². The van der Waals surface area contributed by atoms with Gasteiger partial charge in [-0.05, 0) is 67.7 Å². The molecule has 1 aromatic carbocycles. The highest BCUT2D eigenvalue weighted by Gasteiger charge is 2.59. The Morgan fingerprint density at radius 1 is 1.24 bits per heavy atom. The van der Waals surface area contributed by atoms with Crippen molar-refractivity contribution in [3.63, 3.8) is 0 Å². The van der Waals surface area contributed by atoms with Crippen LogP contribution in [0, 0.1) is 11.3 Å². The SMILES string of the molecule is CC(=O)O[C@H]1C[C@@H](C2CC2)N(S(=O)(=O)c2ccc(Cl)cc2)[C@@H](C2(CCO)CC2)C1. The summed E-state index contributed by atoms with van der Waals surface area (Å²) in [6.07, 6.45) is 5.04. The predicted molar refractivity (Wildman–Crippen MR) is 109 cm³/mol. The van der Waals surface area contributed by atoms with E-state index in [1.165, 1.54) is 6.92 Å². The molecule has 2 saturated carbocycles. The fourth-order valence-corrected chi connectivity index (χ4v) is 7.10. The number of piperidine rings is 1. The van der Waals surface area contributed by atoms with E-state index in [9.17, 15) is 18.3 Å². The first-order valence-corrected chi connectivity index (χ1v) is 12.2. The van der Waals surface area contributed by atoms with E-state index in [1.807, 2.05) is 0 Å². The Bertz CT molecular complexity index is 864. The molecule has 0 unspecified atom stereocenters. The minimum atomic E-state index is -3.74. The molecule has 0 bridgehead atoms. The van der Waals surface area contributed by atoms with Crippen LogP contribution in [0.3, 0.4) is 0 Å². The topological polar surface area (TPSA) is 83.9 Å². The van der Waals surface area contributed by atoms with E-state index in [2.05, 4.69) is 0 Å². The van der Waals surface area contributed by atoms with Crippen molar-refractivity contribution in [1.82, 2.24) is 4.31 Å². The average Bonchev–Trinajstić information content (AvgIpc) is 3.56. The van der Waals surface area contributed by atoms with E-state index in [0.29, 0.717) is 30.2 Å². The van der Waals surface area contributed by atoms with E-state index in [0.717, 1.165) is 25.7 Å². The predicted octanol–water partition coefficient (Wildman–Crippen LogP) is 3.37. The molecule has 3 aliphatic rings. The van der Waals surface area contributed by atoms with E-state index < -0.39 is 10.0 Å². The molecule has 29 heavy (non-hydrogen) atoms. The second kappa shape index (κ2) is 7.84. The van der Waals surface area contributed by atoms with Crippen molar-refractivity contribution in [2.75, 3.05) is 6.61 Å². The van der Waals surface area contributed by atoms with Crippen LogP contribution in [0.25, 0.3) is 0 Å². The number of benzene rings is 1. The zero-order valence-electron chi connectivity index (χ0n) is 16.6. The first kappa shape index (κ1) is 21.1. The zero-order valence-corrected chi connectivity index (χ0v) is 18.2. The molecule has 3 fully saturated rings. The molecule has 8 heteroatoms. The summed E-state index contributed by atoms with van der Waals surface area (Å²) in [5.41, 5.74) is -0.236. The monoisotopic (exact) mass is 441 g/mol. The van der Waals surface area contributed by atoms with Crippen molar-refractivity contribution in [3.8, 4) is 0 Å². The number of carbonyl (C=O) groups excluding carboxylic acids is 1. The van der Waals surface area contributed by atoms with Crippen LogP contribution in [0.4, 0.5) is 0 Å². The zero-order chi connectivity index (χ0) is 20.8. The highest BCUT2D eigenvalue weighted by atomic mass is 35.5. The van der Waals surface area contributed by atoms with E-state index in [-0.39, 0.29) is 41.1 Å². The third kappa shape index (κ3) is 4.20. The van der Waals surface area contributed by atoms with Gasteiger partial charge in [-0.3, -0.25) is 4.79 Å². The molecule has 1 saturated heterocycles. The van der Waals surface area contributed by atoms with Crippen molar-refractivity contribution < 1.29 is 23.1 Å². The lowest BCUT2D eigenvalue weighted by atomic mass is 9.82. The van der Waals surface area contributed by atoms with Gasteiger partial charge in [-0.15, -0.1) is 0 Å². The fraction of sp³-hybridized carbons (Fsp3) is 0.667. The second-order valence-electron chi connectivity index (χ2n) is 8.75. The van der Waals surface area contributed by atoms with Crippen molar-refractivity contribution >= 4 is 27.6 Å². The number of nitrogens with zero attached hydrogens (tertiary/aromatic N) is 1. The number of carbonyl (C=O) groups is 1. The van der Waals surface area contributed by atoms with Gasteiger partial charge in [0.2, 0.25) is 10.0 Å². The Morgan fingerprint density at radius 3 is 2.41 bits per heavy atom. The van der Waals surface area contributed by atoms with Gasteiger partial charge in [-0.1, -0.05) is 11.6 Å². The molecule has 4 rings (SSSR count). The molecule has 1 heterocycles. The molecule has 0 amide bonds. The summed E-state index contributed by atoms with van der Waals surface area (Å²) >= 11 is 5.97. The van der Waals surface area contributed by atoms with Gasteiger partial charge in [0.05, 0.1) is 4.90 Å². The van der Waals surface area contributed by atoms with E-state index >= 15 is 0 Å². The van der Waals surface area contributed by atoms with Gasteiger partial charge in [0, 0.05) is 43.5 Å². The van der Waals surface area contributed by atoms with Crippen LogP contribution in [0.2, 0.25) is 5.02 Å². The smallest absolute Gasteiger partial charge is 0.302 e. The van der Waals surface area contributed by atoms with Gasteiger partial charge >= 0.3 is 5.97 Å². The van der Waals surface area contributed by atoms with Crippen molar-refractivity contribution in [1.29, 1.82) is 0 Å². The van der Waals surface area contributed by atoms with Gasteiger partial charge in [0.25, 0.3) is 0 Å². The van der Waals surface area contributed by atoms with Crippen LogP contribution in [-0.4, -0.2) is 48.6 Å². The third-order valence-corrected chi connectivity index (χ3v) is 8.92. The molecule has 1 aliphatic heterocycles. The second-order valence-corrected chi connectivity index (χ2v) is 11.0. The van der Waals surface area contributed by atoms with Gasteiger partial charge in [-0.25, -0.2) is 8.42 Å². The number of aliphatic hydroxyl groups excluding tert-OH is 1. The highest BCUT2D eigenvalue weighted by Crippen LogP contribution is 2.58. The fourth-order valence-electron chi connectivity index (χ4n) is 4.99. The first-order chi connectivity index (χ1) is 13.8. The molecular weight excluding hydrogens is 414 g/mol. The Balaban J connectivity index is 1.74. The molecule has 1 aromatic rings. The standard InChI is InChI=1S/C21H28ClNO5S/c1-14(25)28-17-12-19(15-2-3-15)23(20(13-17)21(8-9-21)10-11-24)29(26,27)18-6-4-16(22)5-7-18/h4-7,15,17,19-20,24H,2-3,8-13H2,1H3/t17-,19-,20+/m0/s1. The molecule has 1 N–H and O–H groups in total. The Kier molecular flexibility index (Phi) is 5.70. The average molecular weight is 442 g/mol. The summed E-state index contributed by atoms with van der Waals surface area (Å²) in [5, 5.41) is 10.1. The molecule has 3 atom stereocenters. The number of rotatable bonds is 7. The largest absolute Gasteiger partial charge is 0.462 e. The lowest BCUT2D eigenvalue weighted by Crippen LogP contribution is -2.58. The van der Waals surface area contributed by atoms with Crippen LogP contribution < -0.4 is 0 Å². The van der Waals surface area contributed by atoms with Crippen LogP contribution in [-0.2, 0) is 19.6 Å². The van der Waals surface area contributed by atoms with Crippen LogP contribution in [0.1, 0.15) is 51.9 Å². The van der Waals surface area contributed by atoms with E-state index in [4.69, 9.17) is 16.3 Å². The third-order valence-electron chi connectivity index (χ3n) is 6.72. The summed E-state index contributed by atoms with van der Waals surface area (Å²) in [4.78, 5) is 11.9. The molecule has 0 spiro atoms. The summed E-state index contributed by atoms with van der Waals surface area (Å²) in [6.45, 7) is 1.43. The number of ether oxygens (including phenoxy) is 1. The summed E-state index contributed by atoms with van der Waals surface area (Å²) in [6, 6.07) is 5.85. The molecule has 0 radical (unpaired) electrons. The van der Waals surface area contributed by atoms with Gasteiger partial charge < -0.3 is 9.84 Å². The lowest BCUT2D eigenvalue weighted by molar-refractivity contribution is -0.150. The summed E-state index contributed by atoms with van der Waals surface area (Å²) in [5.74, 6) is -0.0350. The van der Waals surface area contributed by atoms with Gasteiger partial charge in [0.1, 0.15) is 6.10 Å². The van der Waals surface area contributed by atoms with Crippen LogP contribution in [0.5, 0.6) is 0 Å². The number of sulfonamides is 1. The summed E-state index contributed by atoms with van der Waals surface area (Å²) < 4.78 is 34.8. The normalized spacial score (nSPS) is 29.4. The maximum Gasteiger partial charge on any atom is 0.302 e. The molecule has 0 aromatic heterocycles. The van der Waals surface area contributed by atoms with E-state index in [1.54, 1.807) is 28.6 Å². The maximum atomic E-state index is 13.8. The first-order valence-electron chi connectivity index (χ1n) is 10.3. The maximum absolute atomic E-state index is 13.8. The Morgan fingerprint density at radius 2 is 1.90 bits per heavy atom. The molecular formula is C21H28ClNO5S. The minimum Gasteiger partial charge on any atom is -0.462 e. The Hall–Kier alpha value is -1.15. The lowest BCUT2D eigenvalue weighted by Gasteiger charge is -2.47. The summed E-state index contributed by atoms with van der Waals surface area (Å²) in [7, 11) is -3.74. The number of aliphatic hydroxyl groups is 1. The minimum absolute atomic E-state index is 0.0255. The Labute approximate surface area is 177 Å². The number of esters is 1. The number of halogens is 1. The van der Waals surface area contributed by atoms with Crippen LogP contribution in [0.15, 0.2) is 29.2 Å². The quantitative estimate of drug-likeness (QED) is 0.656. The number of hydrogen-bond donors (Lipinski definition) is 1. The van der Waals surface area contributed by atoms with Crippen LogP contribution >= 0.6 is 11.6 Å². The molecule has 6 nitrogen and oxygen atoms in total. The van der Waals surface area contributed by atoms with Crippen molar-refractivity contribution in [2.24, 2.45) is 11.3 Å².